The third-order valence-corrected chi connectivity index (χ3v) is 20.5. The summed E-state index contributed by atoms with van der Waals surface area (Å²) in [5.74, 6) is -10.7. The summed E-state index contributed by atoms with van der Waals surface area (Å²) in [6, 6.07) is -1.21. The van der Waals surface area contributed by atoms with Gasteiger partial charge in [0.05, 0.1) is 23.7 Å². The maximum atomic E-state index is 15.8. The summed E-state index contributed by atoms with van der Waals surface area (Å²) in [6.45, 7) is 3.28. The van der Waals surface area contributed by atoms with E-state index in [1.165, 1.54) is 31.8 Å². The zero-order valence-corrected chi connectivity index (χ0v) is 42.0. The van der Waals surface area contributed by atoms with Crippen molar-refractivity contribution < 1.29 is 64.7 Å². The van der Waals surface area contributed by atoms with Gasteiger partial charge in [-0.05, 0) is 203 Å². The van der Waals surface area contributed by atoms with Gasteiger partial charge in [0.25, 0.3) is 23.6 Å². The number of halogens is 6. The van der Waals surface area contributed by atoms with Gasteiger partial charge < -0.3 is 0 Å². The molecular weight excluding hydrogens is 959 g/mol. The largest absolute Gasteiger partial charge is 0.403 e. The van der Waals surface area contributed by atoms with Crippen LogP contribution < -0.4 is 0 Å². The third kappa shape index (κ3) is 9.02. The van der Waals surface area contributed by atoms with Crippen LogP contribution in [0.1, 0.15) is 168 Å². The van der Waals surface area contributed by atoms with Crippen LogP contribution in [0.2, 0.25) is 0 Å². The molecule has 0 aromatic carbocycles. The molecule has 0 spiro atoms. The van der Waals surface area contributed by atoms with Crippen molar-refractivity contribution in [2.75, 3.05) is 0 Å². The molecule has 6 atom stereocenters. The van der Waals surface area contributed by atoms with Crippen molar-refractivity contribution in [1.82, 2.24) is 19.6 Å². The van der Waals surface area contributed by atoms with Crippen LogP contribution in [0, 0.1) is 64.6 Å². The van der Waals surface area contributed by atoms with Gasteiger partial charge in [0.2, 0.25) is 23.6 Å². The number of hydrogen-bond donors (Lipinski definition) is 0. The quantitative estimate of drug-likeness (QED) is 0.155. The lowest BCUT2D eigenvalue weighted by Crippen LogP contribution is -2.61. The number of alkyl halides is 6. The average Bonchev–Trinajstić information content (AvgIpc) is 3.95. The number of amides is 8. The van der Waals surface area contributed by atoms with Crippen molar-refractivity contribution in [2.45, 2.75) is 204 Å². The highest BCUT2D eigenvalue weighted by Crippen LogP contribution is 2.67. The van der Waals surface area contributed by atoms with Crippen LogP contribution in [0.15, 0.2) is 23.3 Å². The summed E-state index contributed by atoms with van der Waals surface area (Å²) in [7, 11) is 0. The smallest absolute Gasteiger partial charge is 0.279 e. The Hall–Kier alpha value is -4.38. The Morgan fingerprint density at radius 3 is 0.918 bits per heavy atom. The first kappa shape index (κ1) is 52.1. The number of imide groups is 4. The van der Waals surface area contributed by atoms with E-state index in [9.17, 15) is 38.4 Å². The minimum absolute atomic E-state index is 0.124. The van der Waals surface area contributed by atoms with Gasteiger partial charge in [-0.15, -0.1) is 0 Å². The summed E-state index contributed by atoms with van der Waals surface area (Å²) in [4.78, 5) is 111. The zero-order valence-electron chi connectivity index (χ0n) is 42.0. The Balaban J connectivity index is 0.741. The van der Waals surface area contributed by atoms with Crippen LogP contribution in [-0.4, -0.2) is 103 Å². The minimum Gasteiger partial charge on any atom is -0.279 e. The number of carbonyl (C=O) groups excluding carboxylic acids is 8. The lowest BCUT2D eigenvalue weighted by atomic mass is 9.54. The van der Waals surface area contributed by atoms with Crippen LogP contribution >= 0.6 is 0 Å². The molecule has 0 bridgehead atoms. The van der Waals surface area contributed by atoms with E-state index in [0.717, 1.165) is 89.9 Å². The van der Waals surface area contributed by atoms with Crippen LogP contribution in [0.25, 0.3) is 0 Å². The molecule has 0 aromatic heterocycles. The fourth-order valence-electron chi connectivity index (χ4n) is 16.8. The molecule has 10 aliphatic rings. The molecule has 73 heavy (non-hydrogen) atoms. The van der Waals surface area contributed by atoms with Gasteiger partial charge in [-0.3, -0.25) is 58.0 Å². The highest BCUT2D eigenvalue weighted by atomic mass is 19.4. The summed E-state index contributed by atoms with van der Waals surface area (Å²) >= 11 is 0. The van der Waals surface area contributed by atoms with Crippen molar-refractivity contribution in [3.63, 3.8) is 0 Å². The normalized spacial score (nSPS) is 38.1. The molecule has 400 valence electrons. The average molecular weight is 1030 g/mol. The summed E-state index contributed by atoms with van der Waals surface area (Å²) in [5, 5.41) is 0. The molecule has 4 aliphatic heterocycles. The monoisotopic (exact) mass is 1030 g/mol. The highest BCUT2D eigenvalue weighted by molar-refractivity contribution is 6.16. The van der Waals surface area contributed by atoms with Gasteiger partial charge in [0, 0.05) is 47.5 Å². The Morgan fingerprint density at radius 1 is 0.384 bits per heavy atom. The Kier molecular flexibility index (Phi) is 14.0. The molecule has 4 heterocycles. The molecule has 0 radical (unpaired) electrons. The van der Waals surface area contributed by atoms with E-state index >= 15 is 26.3 Å². The minimum atomic E-state index is -5.80. The zero-order chi connectivity index (χ0) is 52.1. The molecule has 10 rings (SSSR count). The summed E-state index contributed by atoms with van der Waals surface area (Å²) < 4.78 is 94.7. The second-order valence-electron chi connectivity index (χ2n) is 24.3. The van der Waals surface area contributed by atoms with Crippen LogP contribution in [-0.2, 0) is 38.4 Å². The van der Waals surface area contributed by atoms with E-state index in [0.29, 0.717) is 60.5 Å². The van der Waals surface area contributed by atoms with Crippen molar-refractivity contribution in [1.29, 1.82) is 0 Å². The molecular formula is C55H70F6N4O8. The van der Waals surface area contributed by atoms with Crippen LogP contribution in [0.5, 0.6) is 0 Å². The molecule has 2 saturated heterocycles. The van der Waals surface area contributed by atoms with Crippen molar-refractivity contribution in [3.8, 4) is 0 Å². The summed E-state index contributed by atoms with van der Waals surface area (Å²) in [6.07, 6.45) is 1.08. The second kappa shape index (κ2) is 19.6. The second-order valence-corrected chi connectivity index (χ2v) is 24.3. The van der Waals surface area contributed by atoms with Crippen molar-refractivity contribution in [3.05, 3.63) is 23.3 Å². The van der Waals surface area contributed by atoms with E-state index in [4.69, 9.17) is 0 Å². The highest BCUT2D eigenvalue weighted by Gasteiger charge is 2.78. The number of hydrogen-bond acceptors (Lipinski definition) is 8. The lowest BCUT2D eigenvalue weighted by Gasteiger charge is -2.52. The van der Waals surface area contributed by atoms with E-state index < -0.39 is 115 Å². The number of likely N-dealkylation sites (tertiary alicyclic amines) is 2. The van der Waals surface area contributed by atoms with E-state index in [1.54, 1.807) is 13.8 Å². The molecule has 0 aromatic rings. The topological polar surface area (TPSA) is 150 Å². The number of rotatable bonds is 10. The van der Waals surface area contributed by atoms with Crippen LogP contribution in [0.4, 0.5) is 26.3 Å². The maximum absolute atomic E-state index is 15.8. The summed E-state index contributed by atoms with van der Waals surface area (Å²) in [5.41, 5.74) is -3.36. The SMILES string of the molecule is CC1=CC(=O)N(C2CCC(CC3CCC(N4C(=O)C5CCC(C(C6CCC7C(=O)N(C8CCC(CC9CCC(N%10C(=O)C=C(C)C%10=O)CC9)CC8)C(=O)C7C6)(C(F)(F)F)C(F)(F)F)CC5C4=O)CC3)CC2)C1=O. The first-order valence-electron chi connectivity index (χ1n) is 27.6. The first-order valence-corrected chi connectivity index (χ1v) is 27.6. The molecule has 8 fully saturated rings. The molecule has 0 N–H and O–H groups in total. The molecule has 6 unspecified atom stereocenters. The molecule has 12 nitrogen and oxygen atoms in total. The van der Waals surface area contributed by atoms with Crippen molar-refractivity contribution in [2.24, 2.45) is 64.6 Å². The molecule has 8 amide bonds. The number of fused-ring (bicyclic) bond motifs is 2. The predicted octanol–water partition coefficient (Wildman–Crippen LogP) is 9.55. The van der Waals surface area contributed by atoms with E-state index in [2.05, 4.69) is 0 Å². The van der Waals surface area contributed by atoms with Gasteiger partial charge in [-0.2, -0.15) is 26.3 Å². The van der Waals surface area contributed by atoms with Crippen LogP contribution in [0.3, 0.4) is 0 Å². The van der Waals surface area contributed by atoms with Crippen molar-refractivity contribution >= 4 is 47.3 Å². The first-order chi connectivity index (χ1) is 34.6. The molecule has 6 saturated carbocycles. The van der Waals surface area contributed by atoms with Gasteiger partial charge in [0.15, 0.2) is 5.41 Å². The number of carbonyl (C=O) groups is 8. The molecule has 18 heteroatoms. The Labute approximate surface area is 422 Å². The lowest BCUT2D eigenvalue weighted by molar-refractivity contribution is -0.383. The van der Waals surface area contributed by atoms with E-state index in [1.807, 2.05) is 0 Å². The fourth-order valence-corrected chi connectivity index (χ4v) is 16.8. The van der Waals surface area contributed by atoms with Gasteiger partial charge >= 0.3 is 12.4 Å². The number of nitrogens with zero attached hydrogens (tertiary/aromatic N) is 4. The third-order valence-electron chi connectivity index (χ3n) is 20.5. The van der Waals surface area contributed by atoms with Gasteiger partial charge in [-0.25, -0.2) is 0 Å². The fraction of sp³-hybridized carbons (Fsp3) is 0.782. The predicted molar refractivity (Wildman–Crippen MR) is 250 cm³/mol. The molecule has 6 aliphatic carbocycles. The Morgan fingerprint density at radius 2 is 0.658 bits per heavy atom. The van der Waals surface area contributed by atoms with E-state index in [-0.39, 0.29) is 48.6 Å². The van der Waals surface area contributed by atoms with Gasteiger partial charge in [0.1, 0.15) is 0 Å². The standard InChI is InChI=1S/C55H70F6N4O8/c1-29-23-45(66)62(47(29)68)37-13-3-31(4-14-37)25-33-7-17-39(18-8-33)64-49(70)41-21-11-35(27-43(41)51(64)72)53(54(56,57)58,55(59,60)61)36-12-22-42-44(28-36)52(73)65(50(42)71)40-19-9-34(10-20-40)26-32-5-15-38(16-6-32)63-46(67)24-30(2)48(63)69/h23-24,31-44H,3-22,25-28H2,1-2H3. The Bertz CT molecular complexity index is 2170. The maximum Gasteiger partial charge on any atom is 0.403 e. The van der Waals surface area contributed by atoms with Gasteiger partial charge in [-0.1, -0.05) is 0 Å².